The van der Waals surface area contributed by atoms with E-state index in [9.17, 15) is 13.2 Å². The number of rotatable bonds is 9. The van der Waals surface area contributed by atoms with Crippen LogP contribution in [0.4, 0.5) is 5.13 Å². The molecule has 0 aliphatic carbocycles. The molecule has 0 radical (unpaired) electrons. The number of hydrogen-bond donors (Lipinski definition) is 1. The van der Waals surface area contributed by atoms with Gasteiger partial charge in [0.05, 0.1) is 31.2 Å². The van der Waals surface area contributed by atoms with E-state index in [0.717, 1.165) is 6.26 Å². The Bertz CT molecular complexity index is 1430. The number of aromatic nitrogens is 2. The fourth-order valence-corrected chi connectivity index (χ4v) is 4.81. The van der Waals surface area contributed by atoms with E-state index in [1.165, 1.54) is 23.5 Å². The van der Waals surface area contributed by atoms with E-state index in [4.69, 9.17) is 9.47 Å². The summed E-state index contributed by atoms with van der Waals surface area (Å²) < 4.78 is 35.0. The number of morpholine rings is 1. The molecule has 0 atom stereocenters. The number of benzene rings is 1. The van der Waals surface area contributed by atoms with Crippen molar-refractivity contribution in [2.24, 2.45) is 5.10 Å². The van der Waals surface area contributed by atoms with Crippen LogP contribution < -0.4 is 10.1 Å². The zero-order valence-electron chi connectivity index (χ0n) is 22.1. The summed E-state index contributed by atoms with van der Waals surface area (Å²) in [6, 6.07) is 9.65. The highest BCUT2D eigenvalue weighted by Gasteiger charge is 2.23. The smallest absolute Gasteiger partial charge is 0.278 e. The van der Waals surface area contributed by atoms with E-state index in [1.54, 1.807) is 29.3 Å². The second-order valence-electron chi connectivity index (χ2n) is 9.75. The van der Waals surface area contributed by atoms with Crippen LogP contribution in [0.2, 0.25) is 0 Å². The molecule has 0 spiro atoms. The van der Waals surface area contributed by atoms with E-state index >= 15 is 0 Å². The van der Waals surface area contributed by atoms with Crippen LogP contribution in [0.15, 0.2) is 46.4 Å². The molecule has 1 aliphatic rings. The van der Waals surface area contributed by atoms with E-state index in [0.29, 0.717) is 59.8 Å². The maximum Gasteiger partial charge on any atom is 0.278 e. The first kappa shape index (κ1) is 27.9. The molecule has 0 saturated carbocycles. The lowest BCUT2D eigenvalue weighted by Crippen LogP contribution is -2.43. The summed E-state index contributed by atoms with van der Waals surface area (Å²) in [6.07, 6.45) is 1.14. The minimum Gasteiger partial charge on any atom is -0.476 e. The van der Waals surface area contributed by atoms with E-state index < -0.39 is 15.7 Å². The SMILES string of the molecule is CN(C)C(C)(C)COc1ccc2nc(NC(=O)C(=NN3CCOCC3)c3ccc(S(C)(=O)=O)cc3)sc2n1. The van der Waals surface area contributed by atoms with Crippen LogP contribution in [0, 0.1) is 0 Å². The molecule has 204 valence electrons. The van der Waals surface area contributed by atoms with Gasteiger partial charge in [0.1, 0.15) is 17.0 Å². The maximum absolute atomic E-state index is 13.4. The number of hydrazone groups is 1. The lowest BCUT2D eigenvalue weighted by atomic mass is 10.1. The zero-order chi connectivity index (χ0) is 27.5. The first-order valence-electron chi connectivity index (χ1n) is 12.0. The van der Waals surface area contributed by atoms with Gasteiger partial charge >= 0.3 is 0 Å². The van der Waals surface area contributed by atoms with Gasteiger partial charge in [0.15, 0.2) is 20.7 Å². The Kier molecular flexibility index (Phi) is 8.31. The fourth-order valence-electron chi connectivity index (χ4n) is 3.36. The Morgan fingerprint density at radius 2 is 1.84 bits per heavy atom. The second kappa shape index (κ2) is 11.3. The Morgan fingerprint density at radius 1 is 1.16 bits per heavy atom. The molecule has 1 saturated heterocycles. The van der Waals surface area contributed by atoms with E-state index in [2.05, 4.69) is 39.1 Å². The average Bonchev–Trinajstić information content (AvgIpc) is 3.27. The Hall–Kier alpha value is -3.13. The van der Waals surface area contributed by atoms with Crippen LogP contribution in [0.1, 0.15) is 19.4 Å². The molecule has 1 fully saturated rings. The standard InChI is InChI=1S/C25H32N6O5S2/c1-25(2,30(3)4)16-36-20-11-10-19-23(27-20)37-24(26-19)28-22(32)21(29-31-12-14-35-15-13-31)17-6-8-18(9-7-17)38(5,33)34/h6-11H,12-16H2,1-5H3,(H,26,28,32). The molecule has 13 heteroatoms. The van der Waals surface area contributed by atoms with Gasteiger partial charge in [0.2, 0.25) is 5.88 Å². The highest BCUT2D eigenvalue weighted by molar-refractivity contribution is 7.90. The summed E-state index contributed by atoms with van der Waals surface area (Å²) in [5.41, 5.74) is 1.10. The number of nitrogens with zero attached hydrogens (tertiary/aromatic N) is 5. The fraction of sp³-hybridized carbons (Fsp3) is 0.440. The molecule has 0 unspecified atom stereocenters. The molecule has 1 aromatic carbocycles. The van der Waals surface area contributed by atoms with Gasteiger partial charge in [-0.15, -0.1) is 0 Å². The van der Waals surface area contributed by atoms with Crippen molar-refractivity contribution in [2.45, 2.75) is 24.3 Å². The van der Waals surface area contributed by atoms with Crippen molar-refractivity contribution < 1.29 is 22.7 Å². The summed E-state index contributed by atoms with van der Waals surface area (Å²) in [5, 5.41) is 9.53. The third kappa shape index (κ3) is 6.84. The van der Waals surface area contributed by atoms with Crippen LogP contribution in [0.3, 0.4) is 0 Å². The number of pyridine rings is 1. The third-order valence-electron chi connectivity index (χ3n) is 6.23. The van der Waals surface area contributed by atoms with Crippen LogP contribution in [-0.4, -0.2) is 98.7 Å². The minimum absolute atomic E-state index is 0.147. The first-order valence-corrected chi connectivity index (χ1v) is 14.7. The quantitative estimate of drug-likeness (QED) is 0.393. The summed E-state index contributed by atoms with van der Waals surface area (Å²) in [6.45, 7) is 6.71. The molecule has 1 N–H and O–H groups in total. The third-order valence-corrected chi connectivity index (χ3v) is 8.24. The molecule has 3 heterocycles. The van der Waals surface area contributed by atoms with E-state index in [1.807, 2.05) is 14.1 Å². The number of hydrogen-bond acceptors (Lipinski definition) is 11. The van der Waals surface area contributed by atoms with Crippen molar-refractivity contribution in [3.05, 3.63) is 42.0 Å². The van der Waals surface area contributed by atoms with Crippen molar-refractivity contribution in [2.75, 3.05) is 58.6 Å². The number of carbonyl (C=O) groups excluding carboxylic acids is 1. The molecule has 1 amide bonds. The van der Waals surface area contributed by atoms with Crippen molar-refractivity contribution in [3.8, 4) is 5.88 Å². The summed E-state index contributed by atoms with van der Waals surface area (Å²) in [7, 11) is 0.618. The lowest BCUT2D eigenvalue weighted by molar-refractivity contribution is -0.110. The van der Waals surface area contributed by atoms with Crippen molar-refractivity contribution >= 4 is 48.3 Å². The van der Waals surface area contributed by atoms with Gasteiger partial charge in [0.25, 0.3) is 5.91 Å². The van der Waals surface area contributed by atoms with Gasteiger partial charge in [-0.2, -0.15) is 5.10 Å². The van der Waals surface area contributed by atoms with E-state index in [-0.39, 0.29) is 16.1 Å². The minimum atomic E-state index is -3.37. The van der Waals surface area contributed by atoms with Gasteiger partial charge in [-0.05, 0) is 46.1 Å². The highest BCUT2D eigenvalue weighted by Crippen LogP contribution is 2.27. The summed E-state index contributed by atoms with van der Waals surface area (Å²) in [4.78, 5) is 25.3. The molecule has 11 nitrogen and oxygen atoms in total. The number of ether oxygens (including phenoxy) is 2. The average molecular weight is 561 g/mol. The number of thiazole rings is 1. The van der Waals surface area contributed by atoms with Gasteiger partial charge in [0, 0.05) is 23.4 Å². The molecule has 0 bridgehead atoms. The normalized spacial score (nSPS) is 15.2. The number of nitrogens with one attached hydrogen (secondary N) is 1. The number of carbonyl (C=O) groups is 1. The largest absolute Gasteiger partial charge is 0.476 e. The number of sulfone groups is 1. The maximum atomic E-state index is 13.4. The summed E-state index contributed by atoms with van der Waals surface area (Å²) in [5.74, 6) is 0.0151. The lowest BCUT2D eigenvalue weighted by Gasteiger charge is -2.31. The monoisotopic (exact) mass is 560 g/mol. The Balaban J connectivity index is 1.56. The Morgan fingerprint density at radius 3 is 2.47 bits per heavy atom. The number of anilines is 1. The zero-order valence-corrected chi connectivity index (χ0v) is 23.7. The predicted octanol–water partition coefficient (Wildman–Crippen LogP) is 2.49. The molecule has 1 aliphatic heterocycles. The van der Waals surface area contributed by atoms with Crippen LogP contribution in [-0.2, 0) is 19.4 Å². The van der Waals surface area contributed by atoms with Crippen LogP contribution in [0.25, 0.3) is 10.3 Å². The highest BCUT2D eigenvalue weighted by atomic mass is 32.2. The van der Waals surface area contributed by atoms with Crippen molar-refractivity contribution in [1.82, 2.24) is 19.9 Å². The number of amides is 1. The van der Waals surface area contributed by atoms with Gasteiger partial charge in [-0.25, -0.2) is 18.4 Å². The Labute approximate surface area is 226 Å². The molecule has 3 aromatic rings. The molecule has 38 heavy (non-hydrogen) atoms. The predicted molar refractivity (Wildman–Crippen MR) is 148 cm³/mol. The topological polar surface area (TPSA) is 126 Å². The van der Waals surface area contributed by atoms with Crippen molar-refractivity contribution in [3.63, 3.8) is 0 Å². The number of fused-ring (bicyclic) bond motifs is 1. The van der Waals surface area contributed by atoms with Crippen LogP contribution >= 0.6 is 11.3 Å². The first-order chi connectivity index (χ1) is 17.9. The molecular weight excluding hydrogens is 528 g/mol. The molecule has 2 aromatic heterocycles. The molecular formula is C25H32N6O5S2. The van der Waals surface area contributed by atoms with Gasteiger partial charge in [-0.1, -0.05) is 23.5 Å². The molecule has 4 rings (SSSR count). The number of likely N-dealkylation sites (N-methyl/N-ethyl adjacent to an activating group) is 1. The van der Waals surface area contributed by atoms with Crippen LogP contribution in [0.5, 0.6) is 5.88 Å². The second-order valence-corrected chi connectivity index (χ2v) is 12.7. The van der Waals surface area contributed by atoms with Crippen molar-refractivity contribution in [1.29, 1.82) is 0 Å². The van der Waals surface area contributed by atoms with Gasteiger partial charge in [-0.3, -0.25) is 15.1 Å². The van der Waals surface area contributed by atoms with Gasteiger partial charge < -0.3 is 14.4 Å². The summed E-state index contributed by atoms with van der Waals surface area (Å²) >= 11 is 1.23.